The molecule has 0 aliphatic carbocycles. The smallest absolute Gasteiger partial charge is 0.261 e. The van der Waals surface area contributed by atoms with E-state index < -0.39 is 0 Å². The second-order valence-corrected chi connectivity index (χ2v) is 5.05. The van der Waals surface area contributed by atoms with E-state index in [1.165, 1.54) is 11.3 Å². The number of thiophene rings is 1. The van der Waals surface area contributed by atoms with Crippen LogP contribution in [0.5, 0.6) is 0 Å². The van der Waals surface area contributed by atoms with Crippen molar-refractivity contribution in [2.45, 2.75) is 13.3 Å². The van der Waals surface area contributed by atoms with E-state index in [0.29, 0.717) is 13.2 Å². The van der Waals surface area contributed by atoms with Crippen LogP contribution in [-0.4, -0.2) is 31.0 Å². The number of rotatable bonds is 7. The number of aryl methyl sites for hydroxylation is 1. The number of ether oxygens (including phenoxy) is 1. The largest absolute Gasteiger partial charge is 0.381 e. The van der Waals surface area contributed by atoms with E-state index in [9.17, 15) is 4.79 Å². The first-order valence-electron chi connectivity index (χ1n) is 5.21. The van der Waals surface area contributed by atoms with Crippen molar-refractivity contribution in [3.63, 3.8) is 0 Å². The van der Waals surface area contributed by atoms with Crippen LogP contribution in [0.2, 0.25) is 0 Å². The highest BCUT2D eigenvalue weighted by Gasteiger charge is 2.08. The molecule has 0 aliphatic heterocycles. The number of halogens is 1. The third-order valence-electron chi connectivity index (χ3n) is 2.04. The van der Waals surface area contributed by atoms with Gasteiger partial charge in [-0.05, 0) is 30.4 Å². The molecule has 0 aliphatic rings. The molecule has 0 radical (unpaired) electrons. The molecule has 90 valence electrons. The van der Waals surface area contributed by atoms with Crippen LogP contribution in [0.3, 0.4) is 0 Å². The average Bonchev–Trinajstić information content (AvgIpc) is 2.69. The molecule has 0 bridgehead atoms. The van der Waals surface area contributed by atoms with Crippen LogP contribution in [-0.2, 0) is 4.74 Å². The Labute approximate surface area is 108 Å². The van der Waals surface area contributed by atoms with Crippen LogP contribution in [0.4, 0.5) is 0 Å². The molecule has 1 aromatic heterocycles. The van der Waals surface area contributed by atoms with Gasteiger partial charge in [0, 0.05) is 18.5 Å². The second kappa shape index (κ2) is 7.81. The molecule has 0 atom stereocenters. The summed E-state index contributed by atoms with van der Waals surface area (Å²) in [5.41, 5.74) is 1.04. The normalized spacial score (nSPS) is 10.4. The summed E-state index contributed by atoms with van der Waals surface area (Å²) in [4.78, 5) is 12.5. The van der Waals surface area contributed by atoms with E-state index >= 15 is 0 Å². The van der Waals surface area contributed by atoms with Crippen LogP contribution < -0.4 is 5.32 Å². The highest BCUT2D eigenvalue weighted by molar-refractivity contribution is 9.09. The molecular weight excluding hydrogens is 290 g/mol. The molecule has 3 nitrogen and oxygen atoms in total. The van der Waals surface area contributed by atoms with E-state index in [0.717, 1.165) is 28.8 Å². The minimum absolute atomic E-state index is 0.0213. The molecule has 5 heteroatoms. The lowest BCUT2D eigenvalue weighted by Crippen LogP contribution is -2.25. The van der Waals surface area contributed by atoms with Crippen molar-refractivity contribution in [3.05, 3.63) is 21.9 Å². The molecule has 16 heavy (non-hydrogen) atoms. The maximum absolute atomic E-state index is 11.7. The van der Waals surface area contributed by atoms with Gasteiger partial charge in [-0.2, -0.15) is 0 Å². The zero-order chi connectivity index (χ0) is 11.8. The van der Waals surface area contributed by atoms with Crippen molar-refractivity contribution >= 4 is 33.2 Å². The van der Waals surface area contributed by atoms with Gasteiger partial charge in [-0.15, -0.1) is 11.3 Å². The van der Waals surface area contributed by atoms with Crippen molar-refractivity contribution in [3.8, 4) is 0 Å². The molecule has 1 amide bonds. The lowest BCUT2D eigenvalue weighted by molar-refractivity contribution is 0.0948. The molecular formula is C11H16BrNO2S. The Morgan fingerprint density at radius 3 is 3.00 bits per heavy atom. The Kier molecular flexibility index (Phi) is 6.68. The number of carbonyl (C=O) groups is 1. The van der Waals surface area contributed by atoms with Crippen molar-refractivity contribution in [2.75, 3.05) is 25.1 Å². The first kappa shape index (κ1) is 13.7. The predicted octanol–water partition coefficient (Wildman–Crippen LogP) is 2.59. The number of carbonyl (C=O) groups excluding carboxylic acids is 1. The molecule has 0 saturated heterocycles. The highest BCUT2D eigenvalue weighted by Crippen LogP contribution is 2.14. The third-order valence-corrected chi connectivity index (χ3v) is 3.38. The Bertz CT molecular complexity index is 328. The summed E-state index contributed by atoms with van der Waals surface area (Å²) in [5, 5.41) is 5.67. The van der Waals surface area contributed by atoms with Crippen molar-refractivity contribution in [2.24, 2.45) is 0 Å². The fraction of sp³-hybridized carbons (Fsp3) is 0.545. The van der Waals surface area contributed by atoms with Crippen LogP contribution in [0.15, 0.2) is 11.4 Å². The minimum Gasteiger partial charge on any atom is -0.381 e. The zero-order valence-corrected chi connectivity index (χ0v) is 11.7. The Morgan fingerprint density at radius 1 is 1.56 bits per heavy atom. The van der Waals surface area contributed by atoms with Gasteiger partial charge in [-0.25, -0.2) is 0 Å². The van der Waals surface area contributed by atoms with Gasteiger partial charge in [0.05, 0.1) is 11.5 Å². The Morgan fingerprint density at radius 2 is 2.38 bits per heavy atom. The standard InChI is InChI=1S/C11H16BrNO2S/c1-9-3-8-16-10(9)11(14)13-5-2-6-15-7-4-12/h3,8H,2,4-7H2,1H3,(H,13,14). The van der Waals surface area contributed by atoms with E-state index in [4.69, 9.17) is 4.74 Å². The number of hydrogen-bond acceptors (Lipinski definition) is 3. The van der Waals surface area contributed by atoms with Crippen molar-refractivity contribution < 1.29 is 9.53 Å². The van der Waals surface area contributed by atoms with Gasteiger partial charge in [-0.3, -0.25) is 4.79 Å². The summed E-state index contributed by atoms with van der Waals surface area (Å²) in [6.45, 7) is 4.02. The maximum Gasteiger partial charge on any atom is 0.261 e. The second-order valence-electron chi connectivity index (χ2n) is 3.34. The molecule has 1 aromatic rings. The van der Waals surface area contributed by atoms with Gasteiger partial charge in [0.2, 0.25) is 0 Å². The van der Waals surface area contributed by atoms with Gasteiger partial charge >= 0.3 is 0 Å². The van der Waals surface area contributed by atoms with Crippen molar-refractivity contribution in [1.29, 1.82) is 0 Å². The van der Waals surface area contributed by atoms with Crippen LogP contribution in [0.1, 0.15) is 21.7 Å². The van der Waals surface area contributed by atoms with Crippen LogP contribution >= 0.6 is 27.3 Å². The number of alkyl halides is 1. The minimum atomic E-state index is 0.0213. The summed E-state index contributed by atoms with van der Waals surface area (Å²) in [6, 6.07) is 1.96. The quantitative estimate of drug-likeness (QED) is 0.621. The van der Waals surface area contributed by atoms with Crippen LogP contribution in [0, 0.1) is 6.92 Å². The summed E-state index contributed by atoms with van der Waals surface area (Å²) in [7, 11) is 0. The molecule has 1 rings (SSSR count). The van der Waals surface area contributed by atoms with E-state index in [-0.39, 0.29) is 5.91 Å². The molecule has 0 spiro atoms. The predicted molar refractivity (Wildman–Crippen MR) is 70.6 cm³/mol. The summed E-state index contributed by atoms with van der Waals surface area (Å²) in [6.07, 6.45) is 0.850. The van der Waals surface area contributed by atoms with E-state index in [1.54, 1.807) is 0 Å². The maximum atomic E-state index is 11.7. The Balaban J connectivity index is 2.14. The molecule has 1 N–H and O–H groups in total. The lowest BCUT2D eigenvalue weighted by Gasteiger charge is -2.04. The van der Waals surface area contributed by atoms with Gasteiger partial charge in [0.25, 0.3) is 5.91 Å². The Hall–Kier alpha value is -0.390. The summed E-state index contributed by atoms with van der Waals surface area (Å²) < 4.78 is 5.28. The number of hydrogen-bond donors (Lipinski definition) is 1. The fourth-order valence-electron chi connectivity index (χ4n) is 1.22. The molecule has 1 heterocycles. The first-order valence-corrected chi connectivity index (χ1v) is 7.22. The lowest BCUT2D eigenvalue weighted by atomic mass is 10.3. The van der Waals surface area contributed by atoms with Gasteiger partial charge in [0.15, 0.2) is 0 Å². The first-order chi connectivity index (χ1) is 7.75. The molecule has 0 unspecified atom stereocenters. The number of amides is 1. The van der Waals surface area contributed by atoms with Gasteiger partial charge < -0.3 is 10.1 Å². The summed E-state index contributed by atoms with van der Waals surface area (Å²) >= 11 is 4.76. The number of nitrogens with one attached hydrogen (secondary N) is 1. The van der Waals surface area contributed by atoms with Crippen LogP contribution in [0.25, 0.3) is 0 Å². The molecule has 0 saturated carbocycles. The average molecular weight is 306 g/mol. The third kappa shape index (κ3) is 4.63. The molecule has 0 fully saturated rings. The SMILES string of the molecule is Cc1ccsc1C(=O)NCCCOCCBr. The van der Waals surface area contributed by atoms with E-state index in [1.807, 2.05) is 18.4 Å². The summed E-state index contributed by atoms with van der Waals surface area (Å²) in [5.74, 6) is 0.0213. The van der Waals surface area contributed by atoms with Crippen molar-refractivity contribution in [1.82, 2.24) is 5.32 Å². The highest BCUT2D eigenvalue weighted by atomic mass is 79.9. The molecule has 0 aromatic carbocycles. The monoisotopic (exact) mass is 305 g/mol. The fourth-order valence-corrected chi connectivity index (χ4v) is 2.29. The topological polar surface area (TPSA) is 38.3 Å². The van der Waals surface area contributed by atoms with E-state index in [2.05, 4.69) is 21.2 Å². The van der Waals surface area contributed by atoms with Gasteiger partial charge in [0.1, 0.15) is 0 Å². The zero-order valence-electron chi connectivity index (χ0n) is 9.29. The van der Waals surface area contributed by atoms with Gasteiger partial charge in [-0.1, -0.05) is 15.9 Å².